The summed E-state index contributed by atoms with van der Waals surface area (Å²) in [5.74, 6) is 0.106. The first kappa shape index (κ1) is 9.04. The summed E-state index contributed by atoms with van der Waals surface area (Å²) in [7, 11) is 0. The molecule has 66 valence electrons. The monoisotopic (exact) mass is 168 g/mol. The Kier molecular flexibility index (Phi) is 2.69. The molecule has 12 heavy (non-hydrogen) atoms. The van der Waals surface area contributed by atoms with E-state index in [9.17, 15) is 9.50 Å². The van der Waals surface area contributed by atoms with Crippen LogP contribution >= 0.6 is 0 Å². The molecule has 0 aliphatic carbocycles. The Hall–Kier alpha value is -1.05. The second-order valence-corrected chi connectivity index (χ2v) is 3.01. The third-order valence-electron chi connectivity index (χ3n) is 2.13. The molecule has 0 aliphatic heterocycles. The molecular weight excluding hydrogens is 155 g/mol. The summed E-state index contributed by atoms with van der Waals surface area (Å²) >= 11 is 0. The number of halogens is 1. The SMILES string of the molecule is CCC(C)c1cc(F)ccc1O. The molecule has 0 spiro atoms. The smallest absolute Gasteiger partial charge is 0.123 e. The van der Waals surface area contributed by atoms with Crippen LogP contribution in [0.4, 0.5) is 4.39 Å². The van der Waals surface area contributed by atoms with Crippen molar-refractivity contribution < 1.29 is 9.50 Å². The molecule has 0 fully saturated rings. The highest BCUT2D eigenvalue weighted by Crippen LogP contribution is 2.27. The van der Waals surface area contributed by atoms with Gasteiger partial charge in [0, 0.05) is 0 Å². The number of hydrogen-bond acceptors (Lipinski definition) is 1. The lowest BCUT2D eigenvalue weighted by atomic mass is 9.98. The molecule has 0 radical (unpaired) electrons. The molecule has 1 atom stereocenters. The molecule has 0 aromatic heterocycles. The Morgan fingerprint density at radius 1 is 1.50 bits per heavy atom. The second kappa shape index (κ2) is 3.57. The summed E-state index contributed by atoms with van der Waals surface area (Å²) in [5, 5.41) is 9.37. The average Bonchev–Trinajstić information content (AvgIpc) is 2.08. The number of benzene rings is 1. The van der Waals surface area contributed by atoms with E-state index in [-0.39, 0.29) is 17.5 Å². The topological polar surface area (TPSA) is 20.2 Å². The van der Waals surface area contributed by atoms with Crippen molar-refractivity contribution in [3.63, 3.8) is 0 Å². The van der Waals surface area contributed by atoms with Gasteiger partial charge < -0.3 is 5.11 Å². The zero-order valence-corrected chi connectivity index (χ0v) is 7.34. The molecule has 0 bridgehead atoms. The first-order valence-electron chi connectivity index (χ1n) is 4.13. The minimum Gasteiger partial charge on any atom is -0.508 e. The van der Waals surface area contributed by atoms with Crippen molar-refractivity contribution in [1.82, 2.24) is 0 Å². The van der Waals surface area contributed by atoms with Gasteiger partial charge in [0.25, 0.3) is 0 Å². The van der Waals surface area contributed by atoms with Crippen molar-refractivity contribution in [2.75, 3.05) is 0 Å². The molecule has 0 amide bonds. The maximum absolute atomic E-state index is 12.7. The van der Waals surface area contributed by atoms with Crippen LogP contribution in [0.15, 0.2) is 18.2 Å². The Morgan fingerprint density at radius 3 is 2.75 bits per heavy atom. The zero-order chi connectivity index (χ0) is 9.14. The normalized spacial score (nSPS) is 12.9. The minimum absolute atomic E-state index is 0.186. The molecule has 0 saturated heterocycles. The second-order valence-electron chi connectivity index (χ2n) is 3.01. The van der Waals surface area contributed by atoms with Crippen LogP contribution < -0.4 is 0 Å². The Bertz CT molecular complexity index is 271. The van der Waals surface area contributed by atoms with Gasteiger partial charge in [0.15, 0.2) is 0 Å². The van der Waals surface area contributed by atoms with Crippen LogP contribution in [0.2, 0.25) is 0 Å². The van der Waals surface area contributed by atoms with E-state index in [1.165, 1.54) is 18.2 Å². The first-order valence-corrected chi connectivity index (χ1v) is 4.13. The van der Waals surface area contributed by atoms with E-state index in [0.717, 1.165) is 6.42 Å². The van der Waals surface area contributed by atoms with E-state index >= 15 is 0 Å². The van der Waals surface area contributed by atoms with Crippen molar-refractivity contribution in [3.05, 3.63) is 29.6 Å². The number of hydrogen-bond donors (Lipinski definition) is 1. The fourth-order valence-corrected chi connectivity index (χ4v) is 1.14. The van der Waals surface area contributed by atoms with Crippen molar-refractivity contribution >= 4 is 0 Å². The predicted molar refractivity (Wildman–Crippen MR) is 46.8 cm³/mol. The van der Waals surface area contributed by atoms with Gasteiger partial charge in [-0.1, -0.05) is 13.8 Å². The van der Waals surface area contributed by atoms with Crippen LogP contribution in [0.25, 0.3) is 0 Å². The van der Waals surface area contributed by atoms with E-state index in [2.05, 4.69) is 0 Å². The van der Waals surface area contributed by atoms with E-state index in [1.807, 2.05) is 13.8 Å². The van der Waals surface area contributed by atoms with Crippen LogP contribution in [-0.2, 0) is 0 Å². The fraction of sp³-hybridized carbons (Fsp3) is 0.400. The van der Waals surface area contributed by atoms with Gasteiger partial charge in [-0.3, -0.25) is 0 Å². The Labute approximate surface area is 71.9 Å². The largest absolute Gasteiger partial charge is 0.508 e. The van der Waals surface area contributed by atoms with Crippen LogP contribution in [0.1, 0.15) is 31.7 Å². The molecule has 0 aliphatic rings. The van der Waals surface area contributed by atoms with Crippen LogP contribution in [0, 0.1) is 5.82 Å². The summed E-state index contributed by atoms with van der Waals surface area (Å²) in [6.07, 6.45) is 0.900. The summed E-state index contributed by atoms with van der Waals surface area (Å²) < 4.78 is 12.7. The molecule has 1 rings (SSSR count). The quantitative estimate of drug-likeness (QED) is 0.719. The highest BCUT2D eigenvalue weighted by molar-refractivity contribution is 5.35. The maximum Gasteiger partial charge on any atom is 0.123 e. The number of phenols is 1. The lowest BCUT2D eigenvalue weighted by molar-refractivity contribution is 0.459. The van der Waals surface area contributed by atoms with Crippen molar-refractivity contribution in [2.24, 2.45) is 0 Å². The first-order chi connectivity index (χ1) is 5.65. The summed E-state index contributed by atoms with van der Waals surface area (Å²) in [6.45, 7) is 3.98. The third kappa shape index (κ3) is 1.76. The van der Waals surface area contributed by atoms with Gasteiger partial charge in [-0.25, -0.2) is 4.39 Å². The highest BCUT2D eigenvalue weighted by Gasteiger charge is 2.08. The predicted octanol–water partition coefficient (Wildman–Crippen LogP) is 3.04. The zero-order valence-electron chi connectivity index (χ0n) is 7.34. The van der Waals surface area contributed by atoms with Crippen LogP contribution in [0.5, 0.6) is 5.75 Å². The van der Waals surface area contributed by atoms with Crippen LogP contribution in [0.3, 0.4) is 0 Å². The van der Waals surface area contributed by atoms with E-state index in [0.29, 0.717) is 5.56 Å². The van der Waals surface area contributed by atoms with Gasteiger partial charge in [0.05, 0.1) is 0 Å². The fourth-order valence-electron chi connectivity index (χ4n) is 1.14. The van der Waals surface area contributed by atoms with E-state index in [4.69, 9.17) is 0 Å². The number of phenolic OH excluding ortho intramolecular Hbond substituents is 1. The number of aromatic hydroxyl groups is 1. The van der Waals surface area contributed by atoms with Gasteiger partial charge in [0.2, 0.25) is 0 Å². The summed E-state index contributed by atoms with van der Waals surface area (Å²) in [4.78, 5) is 0. The van der Waals surface area contributed by atoms with Gasteiger partial charge in [-0.05, 0) is 36.1 Å². The standard InChI is InChI=1S/C10H13FO/c1-3-7(2)9-6-8(11)4-5-10(9)12/h4-7,12H,3H2,1-2H3. The third-order valence-corrected chi connectivity index (χ3v) is 2.13. The average molecular weight is 168 g/mol. The van der Waals surface area contributed by atoms with Crippen LogP contribution in [-0.4, -0.2) is 5.11 Å². The molecule has 0 saturated carbocycles. The molecule has 1 N–H and O–H groups in total. The van der Waals surface area contributed by atoms with Crippen molar-refractivity contribution in [3.8, 4) is 5.75 Å². The minimum atomic E-state index is -0.289. The molecule has 1 aromatic rings. The summed E-state index contributed by atoms with van der Waals surface area (Å²) in [5.41, 5.74) is 0.692. The van der Waals surface area contributed by atoms with Crippen molar-refractivity contribution in [2.45, 2.75) is 26.2 Å². The number of rotatable bonds is 2. The molecule has 1 aromatic carbocycles. The Balaban J connectivity index is 3.04. The van der Waals surface area contributed by atoms with Gasteiger partial charge in [-0.15, -0.1) is 0 Å². The molecular formula is C10H13FO. The van der Waals surface area contributed by atoms with E-state index in [1.54, 1.807) is 0 Å². The Morgan fingerprint density at radius 2 is 2.17 bits per heavy atom. The van der Waals surface area contributed by atoms with Gasteiger partial charge in [0.1, 0.15) is 11.6 Å². The van der Waals surface area contributed by atoms with E-state index < -0.39 is 0 Å². The molecule has 1 nitrogen and oxygen atoms in total. The summed E-state index contributed by atoms with van der Waals surface area (Å²) in [6, 6.07) is 4.06. The highest BCUT2D eigenvalue weighted by atomic mass is 19.1. The lowest BCUT2D eigenvalue weighted by Crippen LogP contribution is -1.92. The van der Waals surface area contributed by atoms with Crippen molar-refractivity contribution in [1.29, 1.82) is 0 Å². The lowest BCUT2D eigenvalue weighted by Gasteiger charge is -2.10. The molecule has 2 heteroatoms. The van der Waals surface area contributed by atoms with Gasteiger partial charge in [-0.2, -0.15) is 0 Å². The maximum atomic E-state index is 12.7. The molecule has 0 heterocycles. The van der Waals surface area contributed by atoms with Gasteiger partial charge >= 0.3 is 0 Å². The molecule has 1 unspecified atom stereocenters.